The molecule has 2 N–H and O–H groups in total. The number of amides is 1. The van der Waals surface area contributed by atoms with E-state index in [1.807, 2.05) is 0 Å². The highest BCUT2D eigenvalue weighted by atomic mass is 35.5. The number of methoxy groups -OCH3 is 1. The number of hydrogen-bond acceptors (Lipinski definition) is 7. The molecule has 11 heteroatoms. The Morgan fingerprint density at radius 3 is 2.54 bits per heavy atom. The number of carbonyl (C=O) groups is 1. The van der Waals surface area contributed by atoms with E-state index in [0.717, 1.165) is 4.90 Å². The van der Waals surface area contributed by atoms with Gasteiger partial charge in [0.1, 0.15) is 0 Å². The monoisotopic (exact) mass is 372 g/mol. The lowest BCUT2D eigenvalue weighted by Crippen LogP contribution is -2.33. The fraction of sp³-hybridized carbons (Fsp3) is 0.154. The van der Waals surface area contributed by atoms with Crippen molar-refractivity contribution >= 4 is 39.6 Å². The number of ether oxygens (including phenoxy) is 1. The number of anilines is 2. The third-order valence-corrected chi connectivity index (χ3v) is 3.39. The van der Waals surface area contributed by atoms with Crippen molar-refractivity contribution in [2.24, 2.45) is 5.14 Å². The van der Waals surface area contributed by atoms with Crippen LogP contribution in [0.1, 0.15) is 5.69 Å². The zero-order valence-electron chi connectivity index (χ0n) is 12.6. The highest BCUT2D eigenvalue weighted by Gasteiger charge is 2.28. The summed E-state index contributed by atoms with van der Waals surface area (Å²) < 4.78 is 31.4. The zero-order chi connectivity index (χ0) is 17.9. The summed E-state index contributed by atoms with van der Waals surface area (Å²) in [6.45, 7) is 1.64. The number of aryl methyl sites for hydroxylation is 1. The lowest BCUT2D eigenvalue weighted by molar-refractivity contribution is 0.212. The maximum absolute atomic E-state index is 12.3. The number of nitrogens with two attached hydrogens (primary N) is 1. The molecule has 2 rings (SSSR count). The van der Waals surface area contributed by atoms with Gasteiger partial charge in [0.25, 0.3) is 0 Å². The van der Waals surface area contributed by atoms with E-state index in [0.29, 0.717) is 5.69 Å². The summed E-state index contributed by atoms with van der Waals surface area (Å²) in [7, 11) is -3.16. The van der Waals surface area contributed by atoms with Crippen LogP contribution in [0.15, 0.2) is 30.3 Å². The normalized spacial score (nSPS) is 11.0. The van der Waals surface area contributed by atoms with Crippen molar-refractivity contribution in [2.75, 3.05) is 12.0 Å². The number of carbonyl (C=O) groups excluding carboxylic acids is 1. The minimum Gasteiger partial charge on any atom is -0.481 e. The predicted octanol–water partition coefficient (Wildman–Crippen LogP) is 1.93. The molecule has 2 aromatic rings. The quantitative estimate of drug-likeness (QED) is 0.868. The van der Waals surface area contributed by atoms with Gasteiger partial charge < -0.3 is 8.92 Å². The number of halogens is 1. The van der Waals surface area contributed by atoms with Crippen molar-refractivity contribution in [1.29, 1.82) is 0 Å². The van der Waals surface area contributed by atoms with E-state index in [1.54, 1.807) is 19.1 Å². The Bertz CT molecular complexity index is 874. The maximum Gasteiger partial charge on any atom is 0.438 e. The van der Waals surface area contributed by atoms with Crippen molar-refractivity contribution in [2.45, 2.75) is 6.92 Å². The second-order valence-electron chi connectivity index (χ2n) is 4.48. The maximum atomic E-state index is 12.3. The van der Waals surface area contributed by atoms with E-state index in [9.17, 15) is 13.2 Å². The molecule has 0 aliphatic carbocycles. The molecule has 0 bridgehead atoms. The summed E-state index contributed by atoms with van der Waals surface area (Å²) in [5, 5.41) is 4.90. The van der Waals surface area contributed by atoms with Gasteiger partial charge in [0.2, 0.25) is 11.8 Å². The van der Waals surface area contributed by atoms with E-state index in [4.69, 9.17) is 21.5 Å². The Morgan fingerprint density at radius 2 is 1.96 bits per heavy atom. The number of benzene rings is 1. The van der Waals surface area contributed by atoms with Gasteiger partial charge in [0.05, 0.1) is 17.8 Å². The Morgan fingerprint density at radius 1 is 1.29 bits per heavy atom. The van der Waals surface area contributed by atoms with Crippen LogP contribution < -0.4 is 14.8 Å². The van der Waals surface area contributed by atoms with E-state index in [1.165, 1.54) is 25.3 Å². The summed E-state index contributed by atoms with van der Waals surface area (Å²) in [6.07, 6.45) is -1.33. The van der Waals surface area contributed by atoms with E-state index >= 15 is 0 Å². The number of para-hydroxylation sites is 1. The van der Waals surface area contributed by atoms with Crippen molar-refractivity contribution < 1.29 is 22.1 Å². The molecule has 1 amide bonds. The first-order valence-electron chi connectivity index (χ1n) is 6.42. The molecule has 1 aromatic carbocycles. The Kier molecular flexibility index (Phi) is 5.22. The first kappa shape index (κ1) is 17.9. The highest BCUT2D eigenvalue weighted by Crippen LogP contribution is 2.31. The fourth-order valence-corrected chi connectivity index (χ4v) is 2.28. The molecule has 0 fully saturated rings. The zero-order valence-corrected chi connectivity index (χ0v) is 14.2. The molecule has 9 nitrogen and oxygen atoms in total. The number of hydrogen-bond donors (Lipinski definition) is 1. The molecule has 1 aromatic heterocycles. The largest absolute Gasteiger partial charge is 0.481 e. The molecule has 0 saturated carbocycles. The van der Waals surface area contributed by atoms with Crippen LogP contribution in [-0.4, -0.2) is 31.6 Å². The molecular formula is C13H13ClN4O5S. The van der Waals surface area contributed by atoms with Gasteiger partial charge in [-0.05, 0) is 19.1 Å². The van der Waals surface area contributed by atoms with Gasteiger partial charge in [-0.15, -0.1) is 0 Å². The molecule has 1 heterocycles. The van der Waals surface area contributed by atoms with Crippen LogP contribution in [0.25, 0.3) is 0 Å². The molecular weight excluding hydrogens is 360 g/mol. The molecule has 128 valence electrons. The average molecular weight is 373 g/mol. The van der Waals surface area contributed by atoms with Crippen LogP contribution in [-0.2, 0) is 14.5 Å². The third kappa shape index (κ3) is 4.31. The minimum atomic E-state index is -4.54. The summed E-state index contributed by atoms with van der Waals surface area (Å²) in [5.41, 5.74) is 0.581. The summed E-state index contributed by atoms with van der Waals surface area (Å²) in [5.74, 6) is -0.0217. The minimum absolute atomic E-state index is 0.112. The molecule has 0 spiro atoms. The number of rotatable bonds is 4. The van der Waals surface area contributed by atoms with E-state index < -0.39 is 16.4 Å². The van der Waals surface area contributed by atoms with Gasteiger partial charge in [0, 0.05) is 11.8 Å². The van der Waals surface area contributed by atoms with Crippen LogP contribution in [0.2, 0.25) is 5.02 Å². The second kappa shape index (κ2) is 6.99. The van der Waals surface area contributed by atoms with Gasteiger partial charge in [0.15, 0.2) is 0 Å². The highest BCUT2D eigenvalue weighted by molar-refractivity contribution is 7.84. The van der Waals surface area contributed by atoms with Crippen LogP contribution in [0, 0.1) is 6.92 Å². The molecule has 0 unspecified atom stereocenters. The topological polar surface area (TPSA) is 125 Å². The van der Waals surface area contributed by atoms with E-state index in [-0.39, 0.29) is 22.5 Å². The second-order valence-corrected chi connectivity index (χ2v) is 6.04. The fourth-order valence-electron chi connectivity index (χ4n) is 1.79. The molecule has 0 radical (unpaired) electrons. The summed E-state index contributed by atoms with van der Waals surface area (Å²) in [4.78, 5) is 21.2. The predicted molar refractivity (Wildman–Crippen MR) is 86.5 cm³/mol. The van der Waals surface area contributed by atoms with Crippen LogP contribution in [0.5, 0.6) is 5.88 Å². The standard InChI is InChI=1S/C13H13ClN4O5S/c1-8-7-11(22-2)17-12(16-8)18(13(19)23-24(15,20)21)10-6-4-3-5-9(10)14/h3-7H,1-2H3,(H2,15,20,21). The average Bonchev–Trinajstić information content (AvgIpc) is 2.47. The van der Waals surface area contributed by atoms with Crippen molar-refractivity contribution in [1.82, 2.24) is 9.97 Å². The molecule has 0 aliphatic heterocycles. The summed E-state index contributed by atoms with van der Waals surface area (Å²) >= 11 is 6.08. The van der Waals surface area contributed by atoms with Crippen molar-refractivity contribution in [3.8, 4) is 5.88 Å². The Balaban J connectivity index is 2.61. The van der Waals surface area contributed by atoms with E-state index in [2.05, 4.69) is 14.2 Å². The van der Waals surface area contributed by atoms with Crippen molar-refractivity contribution in [3.63, 3.8) is 0 Å². The Labute approximate surface area is 143 Å². The molecule has 0 atom stereocenters. The van der Waals surface area contributed by atoms with Gasteiger partial charge in [-0.3, -0.25) is 0 Å². The SMILES string of the molecule is COc1cc(C)nc(N(C(=O)OS(N)(=O)=O)c2ccccc2Cl)n1. The van der Waals surface area contributed by atoms with Gasteiger partial charge in [-0.25, -0.2) is 14.7 Å². The van der Waals surface area contributed by atoms with Gasteiger partial charge >= 0.3 is 16.4 Å². The third-order valence-electron chi connectivity index (χ3n) is 2.69. The number of nitrogens with zero attached hydrogens (tertiary/aromatic N) is 3. The van der Waals surface area contributed by atoms with Crippen LogP contribution in [0.4, 0.5) is 16.4 Å². The first-order chi connectivity index (χ1) is 11.2. The smallest absolute Gasteiger partial charge is 0.438 e. The molecule has 0 saturated heterocycles. The lowest BCUT2D eigenvalue weighted by atomic mass is 10.3. The Hall–Kier alpha value is -2.43. The van der Waals surface area contributed by atoms with Gasteiger partial charge in [-0.1, -0.05) is 23.7 Å². The summed E-state index contributed by atoms with van der Waals surface area (Å²) in [6, 6.07) is 7.71. The van der Waals surface area contributed by atoms with Crippen LogP contribution in [0.3, 0.4) is 0 Å². The van der Waals surface area contributed by atoms with Crippen LogP contribution >= 0.6 is 11.6 Å². The lowest BCUT2D eigenvalue weighted by Gasteiger charge is -2.21. The van der Waals surface area contributed by atoms with Gasteiger partial charge in [-0.2, -0.15) is 18.5 Å². The molecule has 0 aliphatic rings. The number of aromatic nitrogens is 2. The molecule has 24 heavy (non-hydrogen) atoms. The van der Waals surface area contributed by atoms with Crippen molar-refractivity contribution in [3.05, 3.63) is 41.0 Å². The first-order valence-corrected chi connectivity index (χ1v) is 8.26.